The Morgan fingerprint density at radius 1 is 1.05 bits per heavy atom. The third-order valence-corrected chi connectivity index (χ3v) is 10.0. The number of aryl methyl sites for hydroxylation is 2. The highest BCUT2D eigenvalue weighted by molar-refractivity contribution is 5.97. The van der Waals surface area contributed by atoms with Gasteiger partial charge in [-0.05, 0) is 131 Å². The average molecular weight is 555 g/mol. The van der Waals surface area contributed by atoms with Crippen molar-refractivity contribution < 1.29 is 4.79 Å². The van der Waals surface area contributed by atoms with Crippen LogP contribution in [0.1, 0.15) is 77.3 Å². The standard InChI is InChI=1S/C35H46N4O2/c1-7-29-31(33(29)24-10-12-28(13-11-24)39(5)6)17-26-16-27(25-9-8-14-36-19-25)18-30(23(26)4)34(40)37-20-32-21(2)15-22(3)38-35(32)41/h8-9,14-16,18-19,24,28-29,31,33H,7,10-13,17,20H2,1-6H3,(H,37,40)(H,38,41)/t24-,28-,29?,31?,33?. The van der Waals surface area contributed by atoms with Gasteiger partial charge in [0.05, 0.1) is 0 Å². The molecule has 1 aromatic carbocycles. The predicted molar refractivity (Wildman–Crippen MR) is 166 cm³/mol. The summed E-state index contributed by atoms with van der Waals surface area (Å²) in [6.45, 7) is 8.41. The van der Waals surface area contributed by atoms with Crippen LogP contribution in [0.5, 0.6) is 0 Å². The Morgan fingerprint density at radius 3 is 2.44 bits per heavy atom. The summed E-state index contributed by atoms with van der Waals surface area (Å²) in [5.41, 5.74) is 7.17. The van der Waals surface area contributed by atoms with Crippen molar-refractivity contribution >= 4 is 5.91 Å². The van der Waals surface area contributed by atoms with Gasteiger partial charge in [-0.2, -0.15) is 0 Å². The molecule has 218 valence electrons. The Morgan fingerprint density at radius 2 is 1.80 bits per heavy atom. The van der Waals surface area contributed by atoms with Crippen molar-refractivity contribution in [2.75, 3.05) is 14.1 Å². The van der Waals surface area contributed by atoms with E-state index in [4.69, 9.17) is 0 Å². The summed E-state index contributed by atoms with van der Waals surface area (Å²) in [6.07, 6.45) is 11.2. The molecule has 0 spiro atoms. The van der Waals surface area contributed by atoms with Crippen LogP contribution >= 0.6 is 0 Å². The van der Waals surface area contributed by atoms with Gasteiger partial charge in [-0.1, -0.05) is 25.5 Å². The average Bonchev–Trinajstić information content (AvgIpc) is 3.66. The van der Waals surface area contributed by atoms with Crippen LogP contribution in [0.15, 0.2) is 47.5 Å². The molecule has 0 saturated heterocycles. The number of hydrogen-bond donors (Lipinski definition) is 2. The Balaban J connectivity index is 1.39. The molecule has 3 unspecified atom stereocenters. The lowest BCUT2D eigenvalue weighted by molar-refractivity contribution is 0.0950. The second kappa shape index (κ2) is 12.3. The molecule has 2 heterocycles. The first kappa shape index (κ1) is 29.2. The third kappa shape index (κ3) is 6.33. The Hall–Kier alpha value is -3.25. The van der Waals surface area contributed by atoms with Crippen molar-refractivity contribution in [3.63, 3.8) is 0 Å². The first-order chi connectivity index (χ1) is 19.7. The SMILES string of the molecule is CCC1C(Cc2cc(-c3cccnc3)cc(C(=O)NCc3c(C)cc(C)[nH]c3=O)c2C)C1[C@H]1CC[C@H](N(C)C)CC1. The van der Waals surface area contributed by atoms with Crippen molar-refractivity contribution in [3.05, 3.63) is 86.6 Å². The molecule has 0 aliphatic heterocycles. The van der Waals surface area contributed by atoms with E-state index in [9.17, 15) is 9.59 Å². The van der Waals surface area contributed by atoms with E-state index in [2.05, 4.69) is 60.3 Å². The fraction of sp³-hybridized carbons (Fsp3) is 0.514. The number of nitrogens with zero attached hydrogens (tertiary/aromatic N) is 2. The van der Waals surface area contributed by atoms with Crippen molar-refractivity contribution in [2.45, 2.75) is 78.8 Å². The molecule has 2 aliphatic rings. The monoisotopic (exact) mass is 554 g/mol. The van der Waals surface area contributed by atoms with Gasteiger partial charge in [0.15, 0.2) is 0 Å². The zero-order valence-electron chi connectivity index (χ0n) is 25.6. The van der Waals surface area contributed by atoms with Gasteiger partial charge >= 0.3 is 0 Å². The number of aromatic amines is 1. The van der Waals surface area contributed by atoms with Crippen LogP contribution in [0, 0.1) is 44.4 Å². The molecular formula is C35H46N4O2. The van der Waals surface area contributed by atoms with Crippen LogP contribution in [0.3, 0.4) is 0 Å². The van der Waals surface area contributed by atoms with Crippen LogP contribution in [0.2, 0.25) is 0 Å². The highest BCUT2D eigenvalue weighted by atomic mass is 16.1. The first-order valence-corrected chi connectivity index (χ1v) is 15.4. The highest BCUT2D eigenvalue weighted by Crippen LogP contribution is 2.58. The number of amides is 1. The summed E-state index contributed by atoms with van der Waals surface area (Å²) in [4.78, 5) is 35.8. The maximum atomic E-state index is 13.6. The predicted octanol–water partition coefficient (Wildman–Crippen LogP) is 6.23. The summed E-state index contributed by atoms with van der Waals surface area (Å²) in [7, 11) is 4.43. The highest BCUT2D eigenvalue weighted by Gasteiger charge is 2.52. The van der Waals surface area contributed by atoms with Gasteiger partial charge in [-0.25, -0.2) is 0 Å². The zero-order chi connectivity index (χ0) is 29.3. The summed E-state index contributed by atoms with van der Waals surface area (Å²) < 4.78 is 0. The van der Waals surface area contributed by atoms with Crippen molar-refractivity contribution in [1.29, 1.82) is 0 Å². The maximum absolute atomic E-state index is 13.6. The first-order valence-electron chi connectivity index (χ1n) is 15.4. The zero-order valence-corrected chi connectivity index (χ0v) is 25.6. The number of nitrogens with one attached hydrogen (secondary N) is 2. The van der Waals surface area contributed by atoms with Crippen molar-refractivity contribution in [2.24, 2.45) is 23.7 Å². The molecule has 2 aliphatic carbocycles. The summed E-state index contributed by atoms with van der Waals surface area (Å²) in [5, 5.41) is 3.05. The van der Waals surface area contributed by atoms with Crippen molar-refractivity contribution in [3.8, 4) is 11.1 Å². The van der Waals surface area contributed by atoms with Gasteiger partial charge in [0.1, 0.15) is 0 Å². The van der Waals surface area contributed by atoms with Crippen molar-refractivity contribution in [1.82, 2.24) is 20.2 Å². The molecule has 1 amide bonds. The molecule has 3 aromatic rings. The quantitative estimate of drug-likeness (QED) is 0.329. The minimum Gasteiger partial charge on any atom is -0.348 e. The number of rotatable bonds is 9. The fourth-order valence-corrected chi connectivity index (χ4v) is 7.58. The summed E-state index contributed by atoms with van der Waals surface area (Å²) in [5.74, 6) is 2.91. The Bertz CT molecular complexity index is 1440. The fourth-order valence-electron chi connectivity index (χ4n) is 7.58. The number of carbonyl (C=O) groups is 1. The van der Waals surface area contributed by atoms with E-state index in [0.29, 0.717) is 17.0 Å². The number of benzene rings is 1. The molecule has 2 N–H and O–H groups in total. The van der Waals surface area contributed by atoms with E-state index >= 15 is 0 Å². The molecule has 6 heteroatoms. The molecule has 6 nitrogen and oxygen atoms in total. The topological polar surface area (TPSA) is 78.1 Å². The summed E-state index contributed by atoms with van der Waals surface area (Å²) >= 11 is 0. The molecule has 2 saturated carbocycles. The van der Waals surface area contributed by atoms with Crippen LogP contribution < -0.4 is 10.9 Å². The van der Waals surface area contributed by atoms with Crippen LogP contribution in [0.4, 0.5) is 0 Å². The van der Waals surface area contributed by atoms with Gasteiger partial charge in [-0.15, -0.1) is 0 Å². The Labute approximate surface area is 245 Å². The minimum absolute atomic E-state index is 0.143. The van der Waals surface area contributed by atoms with Gasteiger partial charge in [0.25, 0.3) is 11.5 Å². The normalized spacial score (nSPS) is 23.9. The second-order valence-electron chi connectivity index (χ2n) is 12.7. The number of hydrogen-bond acceptors (Lipinski definition) is 4. The van der Waals surface area contributed by atoms with Crippen LogP contribution in [-0.4, -0.2) is 40.9 Å². The Kier molecular flexibility index (Phi) is 8.79. The lowest BCUT2D eigenvalue weighted by Gasteiger charge is -2.33. The molecule has 5 rings (SSSR count). The van der Waals surface area contributed by atoms with Crippen LogP contribution in [-0.2, 0) is 13.0 Å². The molecule has 3 atom stereocenters. The molecule has 41 heavy (non-hydrogen) atoms. The van der Waals surface area contributed by atoms with E-state index in [0.717, 1.165) is 58.2 Å². The molecule has 2 aromatic heterocycles. The number of pyridine rings is 2. The van der Waals surface area contributed by atoms with E-state index < -0.39 is 0 Å². The van der Waals surface area contributed by atoms with E-state index in [1.807, 2.05) is 38.2 Å². The number of H-pyrrole nitrogens is 1. The number of aromatic nitrogens is 2. The van der Waals surface area contributed by atoms with Gasteiger partial charge < -0.3 is 15.2 Å². The smallest absolute Gasteiger partial charge is 0.253 e. The van der Waals surface area contributed by atoms with Gasteiger partial charge in [-0.3, -0.25) is 14.6 Å². The molecule has 2 fully saturated rings. The van der Waals surface area contributed by atoms with Gasteiger partial charge in [0, 0.05) is 47.4 Å². The second-order valence-corrected chi connectivity index (χ2v) is 12.7. The summed E-state index contributed by atoms with van der Waals surface area (Å²) in [6, 6.07) is 10.9. The maximum Gasteiger partial charge on any atom is 0.253 e. The molecule has 0 bridgehead atoms. The largest absolute Gasteiger partial charge is 0.348 e. The van der Waals surface area contributed by atoms with Gasteiger partial charge in [0.2, 0.25) is 0 Å². The minimum atomic E-state index is -0.144. The molecular weight excluding hydrogens is 508 g/mol. The number of carbonyl (C=O) groups excluding carboxylic acids is 1. The van der Waals surface area contributed by atoms with E-state index in [-0.39, 0.29) is 18.0 Å². The lowest BCUT2D eigenvalue weighted by Crippen LogP contribution is -2.32. The van der Waals surface area contributed by atoms with E-state index in [1.54, 1.807) is 6.20 Å². The third-order valence-electron chi connectivity index (χ3n) is 10.0. The molecule has 0 radical (unpaired) electrons. The lowest BCUT2D eigenvalue weighted by atomic mass is 9.81. The van der Waals surface area contributed by atoms with E-state index in [1.165, 1.54) is 37.7 Å². The van der Waals surface area contributed by atoms with Crippen LogP contribution in [0.25, 0.3) is 11.1 Å².